The summed E-state index contributed by atoms with van der Waals surface area (Å²) in [6.07, 6.45) is 3.80. The van der Waals surface area contributed by atoms with Crippen molar-refractivity contribution in [1.29, 1.82) is 0 Å². The summed E-state index contributed by atoms with van der Waals surface area (Å²) in [7, 11) is 0. The molecule has 0 saturated carbocycles. The van der Waals surface area contributed by atoms with Crippen LogP contribution in [0.2, 0.25) is 0 Å². The Bertz CT molecular complexity index is 693. The van der Waals surface area contributed by atoms with E-state index in [1.165, 1.54) is 11.3 Å². The fraction of sp³-hybridized carbons (Fsp3) is 0.375. The highest BCUT2D eigenvalue weighted by atomic mass is 32.1. The molecule has 1 aliphatic heterocycles. The van der Waals surface area contributed by atoms with Crippen molar-refractivity contribution in [1.82, 2.24) is 19.8 Å². The first-order chi connectivity index (χ1) is 11.1. The normalized spacial score (nSPS) is 14.8. The molecule has 1 saturated heterocycles. The van der Waals surface area contributed by atoms with Gasteiger partial charge in [-0.2, -0.15) is 0 Å². The smallest absolute Gasteiger partial charge is 0.228 e. The predicted octanol–water partition coefficient (Wildman–Crippen LogP) is 1.44. The molecule has 7 heteroatoms. The fourth-order valence-electron chi connectivity index (χ4n) is 2.55. The zero-order valence-corrected chi connectivity index (χ0v) is 13.8. The lowest BCUT2D eigenvalue weighted by atomic mass is 10.2. The second-order valence-electron chi connectivity index (χ2n) is 5.45. The molecule has 3 heterocycles. The van der Waals surface area contributed by atoms with E-state index < -0.39 is 0 Å². The number of hydrogen-bond acceptors (Lipinski definition) is 5. The molecule has 0 spiro atoms. The minimum Gasteiger partial charge on any atom is -0.339 e. The second kappa shape index (κ2) is 6.87. The van der Waals surface area contributed by atoms with E-state index in [-0.39, 0.29) is 11.8 Å². The third kappa shape index (κ3) is 3.73. The van der Waals surface area contributed by atoms with Crippen LogP contribution in [-0.2, 0) is 16.0 Å². The second-order valence-corrected chi connectivity index (χ2v) is 6.31. The van der Waals surface area contributed by atoms with Crippen molar-refractivity contribution >= 4 is 23.2 Å². The molecule has 0 aliphatic carbocycles. The average molecular weight is 330 g/mol. The van der Waals surface area contributed by atoms with Crippen molar-refractivity contribution in [3.8, 4) is 10.6 Å². The van der Waals surface area contributed by atoms with Crippen LogP contribution in [0.4, 0.5) is 0 Å². The van der Waals surface area contributed by atoms with Gasteiger partial charge >= 0.3 is 0 Å². The molecule has 0 atom stereocenters. The van der Waals surface area contributed by atoms with Crippen LogP contribution in [0.5, 0.6) is 0 Å². The van der Waals surface area contributed by atoms with Gasteiger partial charge in [0.2, 0.25) is 11.8 Å². The highest BCUT2D eigenvalue weighted by molar-refractivity contribution is 7.13. The maximum atomic E-state index is 12.4. The maximum Gasteiger partial charge on any atom is 0.228 e. The Labute approximate surface area is 138 Å². The zero-order valence-electron chi connectivity index (χ0n) is 12.9. The molecule has 0 N–H and O–H groups in total. The SMILES string of the molecule is CC(=O)N1CCN(C(=O)Cc2csc(-c3cccnc3)n2)CC1. The molecule has 0 aromatic carbocycles. The van der Waals surface area contributed by atoms with E-state index in [4.69, 9.17) is 0 Å². The first kappa shape index (κ1) is 15.6. The number of thiazole rings is 1. The molecule has 0 bridgehead atoms. The molecule has 1 fully saturated rings. The van der Waals surface area contributed by atoms with Gasteiger partial charge in [0, 0.05) is 56.4 Å². The van der Waals surface area contributed by atoms with Crippen LogP contribution >= 0.6 is 11.3 Å². The molecule has 2 aromatic rings. The van der Waals surface area contributed by atoms with Gasteiger partial charge < -0.3 is 9.80 Å². The molecule has 23 heavy (non-hydrogen) atoms. The molecule has 120 valence electrons. The van der Waals surface area contributed by atoms with Crippen LogP contribution in [0.3, 0.4) is 0 Å². The number of hydrogen-bond donors (Lipinski definition) is 0. The number of piperazine rings is 1. The monoisotopic (exact) mass is 330 g/mol. The number of rotatable bonds is 3. The van der Waals surface area contributed by atoms with Crippen molar-refractivity contribution < 1.29 is 9.59 Å². The van der Waals surface area contributed by atoms with E-state index in [9.17, 15) is 9.59 Å². The van der Waals surface area contributed by atoms with Gasteiger partial charge in [0.1, 0.15) is 5.01 Å². The van der Waals surface area contributed by atoms with Gasteiger partial charge in [-0.1, -0.05) is 0 Å². The molecule has 1 aliphatic rings. The number of carbonyl (C=O) groups excluding carboxylic acids is 2. The Morgan fingerprint density at radius 3 is 2.61 bits per heavy atom. The van der Waals surface area contributed by atoms with Crippen molar-refractivity contribution in [2.75, 3.05) is 26.2 Å². The van der Waals surface area contributed by atoms with Gasteiger partial charge in [0.15, 0.2) is 0 Å². The lowest BCUT2D eigenvalue weighted by Crippen LogP contribution is -2.50. The Morgan fingerprint density at radius 2 is 1.96 bits per heavy atom. The number of carbonyl (C=O) groups is 2. The molecule has 2 aromatic heterocycles. The Kier molecular flexibility index (Phi) is 4.66. The molecule has 3 rings (SSSR count). The van der Waals surface area contributed by atoms with Gasteiger partial charge in [-0.25, -0.2) is 4.98 Å². The van der Waals surface area contributed by atoms with Crippen LogP contribution in [-0.4, -0.2) is 57.8 Å². The van der Waals surface area contributed by atoms with E-state index in [1.54, 1.807) is 24.2 Å². The van der Waals surface area contributed by atoms with E-state index in [0.717, 1.165) is 16.3 Å². The van der Waals surface area contributed by atoms with Gasteiger partial charge in [-0.05, 0) is 12.1 Å². The topological polar surface area (TPSA) is 66.4 Å². The highest BCUT2D eigenvalue weighted by Gasteiger charge is 2.22. The van der Waals surface area contributed by atoms with Crippen LogP contribution in [0.25, 0.3) is 10.6 Å². The average Bonchev–Trinajstić information content (AvgIpc) is 3.04. The Morgan fingerprint density at radius 1 is 1.22 bits per heavy atom. The molecular formula is C16H18N4O2S. The van der Waals surface area contributed by atoms with Crippen molar-refractivity contribution in [2.45, 2.75) is 13.3 Å². The third-order valence-electron chi connectivity index (χ3n) is 3.87. The predicted molar refractivity (Wildman–Crippen MR) is 87.9 cm³/mol. The van der Waals surface area contributed by atoms with Crippen LogP contribution in [0.1, 0.15) is 12.6 Å². The quantitative estimate of drug-likeness (QED) is 0.854. The first-order valence-corrected chi connectivity index (χ1v) is 8.39. The number of amides is 2. The van der Waals surface area contributed by atoms with Crippen molar-refractivity contribution in [2.24, 2.45) is 0 Å². The zero-order chi connectivity index (χ0) is 16.2. The summed E-state index contributed by atoms with van der Waals surface area (Å²) in [4.78, 5) is 35.9. The highest BCUT2D eigenvalue weighted by Crippen LogP contribution is 2.23. The lowest BCUT2D eigenvalue weighted by molar-refractivity contribution is -0.138. The Balaban J connectivity index is 1.59. The van der Waals surface area contributed by atoms with E-state index in [0.29, 0.717) is 32.6 Å². The maximum absolute atomic E-state index is 12.4. The Hall–Kier alpha value is -2.28. The minimum absolute atomic E-state index is 0.0660. The van der Waals surface area contributed by atoms with Crippen molar-refractivity contribution in [3.63, 3.8) is 0 Å². The van der Waals surface area contributed by atoms with Gasteiger partial charge in [0.25, 0.3) is 0 Å². The molecular weight excluding hydrogens is 312 g/mol. The fourth-order valence-corrected chi connectivity index (χ4v) is 3.36. The van der Waals surface area contributed by atoms with Crippen molar-refractivity contribution in [3.05, 3.63) is 35.6 Å². The van der Waals surface area contributed by atoms with E-state index in [2.05, 4.69) is 9.97 Å². The minimum atomic E-state index is 0.0660. The summed E-state index contributed by atoms with van der Waals surface area (Å²) >= 11 is 1.52. The molecule has 0 radical (unpaired) electrons. The first-order valence-electron chi connectivity index (χ1n) is 7.51. The van der Waals surface area contributed by atoms with Gasteiger partial charge in [-0.3, -0.25) is 14.6 Å². The van der Waals surface area contributed by atoms with Crippen LogP contribution in [0.15, 0.2) is 29.9 Å². The van der Waals surface area contributed by atoms with Gasteiger partial charge in [0.05, 0.1) is 12.1 Å². The summed E-state index contributed by atoms with van der Waals surface area (Å²) in [6.45, 7) is 3.97. The number of pyridine rings is 1. The summed E-state index contributed by atoms with van der Waals surface area (Å²) < 4.78 is 0. The summed E-state index contributed by atoms with van der Waals surface area (Å²) in [6, 6.07) is 3.83. The summed E-state index contributed by atoms with van der Waals surface area (Å²) in [5, 5.41) is 2.80. The molecule has 2 amide bonds. The third-order valence-corrected chi connectivity index (χ3v) is 4.81. The summed E-state index contributed by atoms with van der Waals surface area (Å²) in [5.74, 6) is 0.133. The van der Waals surface area contributed by atoms with E-state index in [1.807, 2.05) is 22.4 Å². The van der Waals surface area contributed by atoms with Crippen LogP contribution in [0, 0.1) is 0 Å². The standard InChI is InChI=1S/C16H18N4O2S/c1-12(21)19-5-7-20(8-6-19)15(22)9-14-11-23-16(18-14)13-3-2-4-17-10-13/h2-4,10-11H,5-9H2,1H3. The lowest BCUT2D eigenvalue weighted by Gasteiger charge is -2.34. The summed E-state index contributed by atoms with van der Waals surface area (Å²) in [5.41, 5.74) is 1.75. The number of aromatic nitrogens is 2. The van der Waals surface area contributed by atoms with E-state index >= 15 is 0 Å². The van der Waals surface area contributed by atoms with Crippen LogP contribution < -0.4 is 0 Å². The number of nitrogens with zero attached hydrogens (tertiary/aromatic N) is 4. The molecule has 0 unspecified atom stereocenters. The van der Waals surface area contributed by atoms with Gasteiger partial charge in [-0.15, -0.1) is 11.3 Å². The largest absolute Gasteiger partial charge is 0.339 e. The molecule has 6 nitrogen and oxygen atoms in total.